The fraction of sp³-hybridized carbons (Fsp3) is 0.846. The molecule has 1 fully saturated rings. The van der Waals surface area contributed by atoms with Gasteiger partial charge in [0.15, 0.2) is 0 Å². The minimum Gasteiger partial charge on any atom is -0.468 e. The summed E-state index contributed by atoms with van der Waals surface area (Å²) in [5.41, 5.74) is 0. The highest BCUT2D eigenvalue weighted by Crippen LogP contribution is 2.23. The van der Waals surface area contributed by atoms with Gasteiger partial charge in [-0.1, -0.05) is 35.7 Å². The van der Waals surface area contributed by atoms with Crippen molar-refractivity contribution in [3.63, 3.8) is 0 Å². The maximum absolute atomic E-state index is 12.0. The second-order valence-corrected chi connectivity index (χ2v) is 5.92. The quantitative estimate of drug-likeness (QED) is 0.577. The predicted octanol–water partition coefficient (Wildman–Crippen LogP) is 2.35. The summed E-state index contributed by atoms with van der Waals surface area (Å²) < 4.78 is 4.66. The van der Waals surface area contributed by atoms with Gasteiger partial charge in [0.2, 0.25) is 5.91 Å². The third kappa shape index (κ3) is 4.59. The van der Waals surface area contributed by atoms with Gasteiger partial charge in [-0.15, -0.1) is 0 Å². The number of rotatable bonds is 5. The Morgan fingerprint density at radius 3 is 2.89 bits per heavy atom. The first-order chi connectivity index (χ1) is 8.58. The smallest absolute Gasteiger partial charge is 0.321 e. The van der Waals surface area contributed by atoms with Crippen LogP contribution in [0.2, 0.25) is 0 Å². The Bertz CT molecular complexity index is 296. The molecule has 104 valence electrons. The van der Waals surface area contributed by atoms with Gasteiger partial charge >= 0.3 is 5.97 Å². The first-order valence-electron chi connectivity index (χ1n) is 6.58. The lowest BCUT2D eigenvalue weighted by Crippen LogP contribution is -2.38. The Hall–Kier alpha value is -0.580. The SMILES string of the molecule is CCCC1CCC(=O)N(CC(Br)C(=O)OC)CC1. The summed E-state index contributed by atoms with van der Waals surface area (Å²) in [6, 6.07) is 0. The van der Waals surface area contributed by atoms with Gasteiger partial charge in [-0.3, -0.25) is 9.59 Å². The number of nitrogens with zero attached hydrogens (tertiary/aromatic N) is 1. The minimum atomic E-state index is -0.422. The molecule has 0 aliphatic carbocycles. The van der Waals surface area contributed by atoms with Crippen LogP contribution in [0, 0.1) is 5.92 Å². The summed E-state index contributed by atoms with van der Waals surface area (Å²) in [4.78, 5) is 24.7. The molecule has 0 saturated carbocycles. The molecule has 2 atom stereocenters. The number of likely N-dealkylation sites (tertiary alicyclic amines) is 1. The van der Waals surface area contributed by atoms with Gasteiger partial charge in [0.25, 0.3) is 0 Å². The molecule has 0 aromatic rings. The van der Waals surface area contributed by atoms with Crippen LogP contribution < -0.4 is 0 Å². The molecular weight excluding hydrogens is 298 g/mol. The highest BCUT2D eigenvalue weighted by molar-refractivity contribution is 9.10. The second-order valence-electron chi connectivity index (χ2n) is 4.81. The van der Waals surface area contributed by atoms with Crippen molar-refractivity contribution >= 4 is 27.8 Å². The molecule has 5 heteroatoms. The molecular formula is C13H22BrNO3. The minimum absolute atomic E-state index is 0.155. The summed E-state index contributed by atoms with van der Waals surface area (Å²) in [6.45, 7) is 3.34. The van der Waals surface area contributed by atoms with Crippen LogP contribution in [0.25, 0.3) is 0 Å². The van der Waals surface area contributed by atoms with Crippen molar-refractivity contribution in [2.45, 2.75) is 43.9 Å². The predicted molar refractivity (Wildman–Crippen MR) is 73.6 cm³/mol. The number of alkyl halides is 1. The lowest BCUT2D eigenvalue weighted by molar-refractivity contribution is -0.140. The fourth-order valence-electron chi connectivity index (χ4n) is 2.38. The molecule has 4 nitrogen and oxygen atoms in total. The molecule has 1 heterocycles. The van der Waals surface area contributed by atoms with Crippen LogP contribution in [0.5, 0.6) is 0 Å². The molecule has 0 aromatic heterocycles. The first-order valence-corrected chi connectivity index (χ1v) is 7.49. The number of esters is 1. The topological polar surface area (TPSA) is 46.6 Å². The molecule has 1 aliphatic rings. The van der Waals surface area contributed by atoms with Gasteiger partial charge in [0, 0.05) is 19.5 Å². The van der Waals surface area contributed by atoms with Gasteiger partial charge in [0.1, 0.15) is 4.83 Å². The number of methoxy groups -OCH3 is 1. The molecule has 0 bridgehead atoms. The number of carbonyl (C=O) groups excluding carboxylic acids is 2. The average Bonchev–Trinajstić information content (AvgIpc) is 2.53. The van der Waals surface area contributed by atoms with E-state index in [1.807, 2.05) is 0 Å². The average molecular weight is 320 g/mol. The Morgan fingerprint density at radius 2 is 2.28 bits per heavy atom. The summed E-state index contributed by atoms with van der Waals surface area (Å²) >= 11 is 3.27. The van der Waals surface area contributed by atoms with Crippen molar-refractivity contribution in [3.05, 3.63) is 0 Å². The zero-order valence-electron chi connectivity index (χ0n) is 11.2. The van der Waals surface area contributed by atoms with E-state index in [0.717, 1.165) is 19.4 Å². The van der Waals surface area contributed by atoms with Crippen molar-refractivity contribution < 1.29 is 14.3 Å². The third-order valence-electron chi connectivity index (χ3n) is 3.46. The molecule has 1 aliphatic heterocycles. The van der Waals surface area contributed by atoms with Crippen LogP contribution in [-0.2, 0) is 14.3 Å². The van der Waals surface area contributed by atoms with Crippen LogP contribution in [0.3, 0.4) is 0 Å². The number of hydrogen-bond donors (Lipinski definition) is 0. The number of ether oxygens (including phenoxy) is 1. The summed E-state index contributed by atoms with van der Waals surface area (Å²) in [5.74, 6) is 0.481. The molecule has 1 saturated heterocycles. The molecule has 0 N–H and O–H groups in total. The number of hydrogen-bond acceptors (Lipinski definition) is 3. The number of carbonyl (C=O) groups is 2. The van der Waals surface area contributed by atoms with Crippen molar-refractivity contribution in [1.29, 1.82) is 0 Å². The van der Waals surface area contributed by atoms with Crippen molar-refractivity contribution in [2.24, 2.45) is 5.92 Å². The Kier molecular flexibility index (Phi) is 6.68. The Labute approximate surface area is 117 Å². The summed E-state index contributed by atoms with van der Waals surface area (Å²) in [7, 11) is 1.36. The van der Waals surface area contributed by atoms with E-state index < -0.39 is 4.83 Å². The highest BCUT2D eigenvalue weighted by Gasteiger charge is 2.26. The van der Waals surface area contributed by atoms with Gasteiger partial charge in [-0.2, -0.15) is 0 Å². The Morgan fingerprint density at radius 1 is 1.56 bits per heavy atom. The molecule has 0 aromatic carbocycles. The van der Waals surface area contributed by atoms with Gasteiger partial charge in [-0.05, 0) is 18.8 Å². The summed E-state index contributed by atoms with van der Waals surface area (Å²) in [6.07, 6.45) is 4.98. The lowest BCUT2D eigenvalue weighted by atomic mass is 9.96. The van der Waals surface area contributed by atoms with Crippen molar-refractivity contribution in [2.75, 3.05) is 20.2 Å². The van der Waals surface area contributed by atoms with Crippen LogP contribution in [0.4, 0.5) is 0 Å². The number of amides is 1. The zero-order valence-corrected chi connectivity index (χ0v) is 12.7. The molecule has 1 amide bonds. The van der Waals surface area contributed by atoms with Gasteiger partial charge < -0.3 is 9.64 Å². The summed E-state index contributed by atoms with van der Waals surface area (Å²) in [5, 5.41) is 0. The first kappa shape index (κ1) is 15.5. The van der Waals surface area contributed by atoms with E-state index in [0.29, 0.717) is 18.9 Å². The van der Waals surface area contributed by atoms with E-state index in [9.17, 15) is 9.59 Å². The standard InChI is InChI=1S/C13H22BrNO3/c1-3-4-10-5-6-12(16)15(8-7-10)9-11(14)13(17)18-2/h10-11H,3-9H2,1-2H3. The molecule has 0 spiro atoms. The van der Waals surface area contributed by atoms with E-state index in [2.05, 4.69) is 27.6 Å². The van der Waals surface area contributed by atoms with Crippen LogP contribution in [0.1, 0.15) is 39.0 Å². The maximum atomic E-state index is 12.0. The molecule has 1 rings (SSSR count). The van der Waals surface area contributed by atoms with Crippen LogP contribution >= 0.6 is 15.9 Å². The van der Waals surface area contributed by atoms with Crippen LogP contribution in [-0.4, -0.2) is 41.8 Å². The largest absolute Gasteiger partial charge is 0.468 e. The normalized spacial score (nSPS) is 22.5. The molecule has 2 unspecified atom stereocenters. The van der Waals surface area contributed by atoms with Crippen molar-refractivity contribution in [1.82, 2.24) is 4.90 Å². The Balaban J connectivity index is 2.50. The van der Waals surface area contributed by atoms with Gasteiger partial charge in [0.05, 0.1) is 7.11 Å². The van der Waals surface area contributed by atoms with Crippen LogP contribution in [0.15, 0.2) is 0 Å². The third-order valence-corrected chi connectivity index (χ3v) is 4.12. The lowest BCUT2D eigenvalue weighted by Gasteiger charge is -2.22. The van der Waals surface area contributed by atoms with E-state index in [4.69, 9.17) is 0 Å². The highest BCUT2D eigenvalue weighted by atomic mass is 79.9. The second kappa shape index (κ2) is 7.77. The monoisotopic (exact) mass is 319 g/mol. The van der Waals surface area contributed by atoms with E-state index in [1.165, 1.54) is 20.0 Å². The van der Waals surface area contributed by atoms with Gasteiger partial charge in [-0.25, -0.2) is 0 Å². The van der Waals surface area contributed by atoms with E-state index in [1.54, 1.807) is 4.90 Å². The van der Waals surface area contributed by atoms with E-state index in [-0.39, 0.29) is 11.9 Å². The fourth-order valence-corrected chi connectivity index (χ4v) is 2.92. The van der Waals surface area contributed by atoms with Crippen molar-refractivity contribution in [3.8, 4) is 0 Å². The maximum Gasteiger partial charge on any atom is 0.321 e. The molecule has 0 radical (unpaired) electrons. The number of halogens is 1. The zero-order chi connectivity index (χ0) is 13.5. The van der Waals surface area contributed by atoms with E-state index >= 15 is 0 Å². The molecule has 18 heavy (non-hydrogen) atoms.